The number of anilines is 1. The van der Waals surface area contributed by atoms with Crippen molar-refractivity contribution in [2.45, 2.75) is 11.8 Å². The van der Waals surface area contributed by atoms with Crippen molar-refractivity contribution in [2.75, 3.05) is 4.72 Å². The van der Waals surface area contributed by atoms with Gasteiger partial charge in [-0.15, -0.1) is 0 Å². The Bertz CT molecular complexity index is 1490. The molecule has 2 aromatic carbocycles. The number of nitrogens with one attached hydrogen (secondary N) is 2. The van der Waals surface area contributed by atoms with Crippen LogP contribution in [0.4, 0.5) is 5.95 Å². The van der Waals surface area contributed by atoms with Gasteiger partial charge in [0.05, 0.1) is 10.6 Å². The SMILES string of the molecule is Cc1[nH]c(-c2ccc(-c3ccc(S(=O)(=O)Nc4ncccn4)cc3)o2)nc1-c1ccccc1. The largest absolute Gasteiger partial charge is 0.453 e. The minimum atomic E-state index is -3.80. The van der Waals surface area contributed by atoms with Crippen LogP contribution < -0.4 is 4.72 Å². The molecule has 8 nitrogen and oxygen atoms in total. The highest BCUT2D eigenvalue weighted by Gasteiger charge is 2.17. The zero-order valence-electron chi connectivity index (χ0n) is 17.6. The highest BCUT2D eigenvalue weighted by molar-refractivity contribution is 7.92. The normalized spacial score (nSPS) is 11.4. The Labute approximate surface area is 190 Å². The van der Waals surface area contributed by atoms with Gasteiger partial charge in [-0.3, -0.25) is 0 Å². The third-order valence-corrected chi connectivity index (χ3v) is 6.36. The van der Waals surface area contributed by atoms with Gasteiger partial charge in [-0.25, -0.2) is 28.1 Å². The van der Waals surface area contributed by atoms with E-state index < -0.39 is 10.0 Å². The van der Waals surface area contributed by atoms with Crippen LogP contribution >= 0.6 is 0 Å². The Hall–Kier alpha value is -4.24. The number of nitrogens with zero attached hydrogens (tertiary/aromatic N) is 3. The minimum Gasteiger partial charge on any atom is -0.453 e. The average molecular weight is 458 g/mol. The Balaban J connectivity index is 1.37. The standard InChI is InChI=1S/C24H19N5O3S/c1-16-22(18-6-3-2-4-7-18)28-23(27-16)21-13-12-20(32-21)17-8-10-19(11-9-17)33(30,31)29-24-25-14-5-15-26-24/h2-15H,1H3,(H,27,28)(H,25,26,29). The van der Waals surface area contributed by atoms with Gasteiger partial charge < -0.3 is 9.40 Å². The summed E-state index contributed by atoms with van der Waals surface area (Å²) in [6.07, 6.45) is 2.93. The second kappa shape index (κ2) is 8.36. The molecule has 0 unspecified atom stereocenters. The maximum atomic E-state index is 12.6. The lowest BCUT2D eigenvalue weighted by molar-refractivity contribution is 0.592. The molecule has 0 saturated heterocycles. The fourth-order valence-corrected chi connectivity index (χ4v) is 4.36. The fraction of sp³-hybridized carbons (Fsp3) is 0.0417. The molecule has 0 radical (unpaired) electrons. The maximum absolute atomic E-state index is 12.6. The molecule has 9 heteroatoms. The molecule has 3 aromatic heterocycles. The van der Waals surface area contributed by atoms with Crippen LogP contribution in [-0.4, -0.2) is 28.4 Å². The molecular weight excluding hydrogens is 438 g/mol. The molecule has 33 heavy (non-hydrogen) atoms. The molecule has 164 valence electrons. The third kappa shape index (κ3) is 4.26. The molecule has 0 amide bonds. The molecule has 0 aliphatic rings. The van der Waals surface area contributed by atoms with Gasteiger partial charge in [0.1, 0.15) is 5.76 Å². The lowest BCUT2D eigenvalue weighted by Gasteiger charge is -2.06. The van der Waals surface area contributed by atoms with Crippen molar-refractivity contribution in [3.63, 3.8) is 0 Å². The summed E-state index contributed by atoms with van der Waals surface area (Å²) in [5, 5.41) is 0. The first-order chi connectivity index (χ1) is 16.0. The van der Waals surface area contributed by atoms with Gasteiger partial charge in [0.15, 0.2) is 11.6 Å². The maximum Gasteiger partial charge on any atom is 0.264 e. The summed E-state index contributed by atoms with van der Waals surface area (Å²) in [4.78, 5) is 15.8. The Kier molecular flexibility index (Phi) is 5.23. The highest BCUT2D eigenvalue weighted by Crippen LogP contribution is 2.30. The number of aromatic nitrogens is 4. The van der Waals surface area contributed by atoms with Gasteiger partial charge in [0, 0.05) is 29.2 Å². The summed E-state index contributed by atoms with van der Waals surface area (Å²) < 4.78 is 33.5. The fourth-order valence-electron chi connectivity index (χ4n) is 3.40. The van der Waals surface area contributed by atoms with Crippen molar-refractivity contribution in [3.05, 3.63) is 90.9 Å². The van der Waals surface area contributed by atoms with Crippen molar-refractivity contribution >= 4 is 16.0 Å². The van der Waals surface area contributed by atoms with Crippen LogP contribution in [0.3, 0.4) is 0 Å². The van der Waals surface area contributed by atoms with Crippen LogP contribution in [0.2, 0.25) is 0 Å². The number of imidazole rings is 1. The second-order valence-electron chi connectivity index (χ2n) is 7.29. The van der Waals surface area contributed by atoms with Gasteiger partial charge in [-0.05, 0) is 49.4 Å². The summed E-state index contributed by atoms with van der Waals surface area (Å²) in [5.74, 6) is 1.84. The van der Waals surface area contributed by atoms with E-state index >= 15 is 0 Å². The van der Waals surface area contributed by atoms with Crippen molar-refractivity contribution in [3.8, 4) is 34.2 Å². The van der Waals surface area contributed by atoms with Gasteiger partial charge >= 0.3 is 0 Å². The van der Waals surface area contributed by atoms with Crippen LogP contribution in [-0.2, 0) is 10.0 Å². The summed E-state index contributed by atoms with van der Waals surface area (Å²) in [5.41, 5.74) is 3.57. The van der Waals surface area contributed by atoms with Gasteiger partial charge in [-0.2, -0.15) is 0 Å². The van der Waals surface area contributed by atoms with E-state index in [4.69, 9.17) is 9.40 Å². The first kappa shape index (κ1) is 20.7. The van der Waals surface area contributed by atoms with E-state index in [9.17, 15) is 8.42 Å². The van der Waals surface area contributed by atoms with Gasteiger partial charge in [-0.1, -0.05) is 30.3 Å². The number of furan rings is 1. The highest BCUT2D eigenvalue weighted by atomic mass is 32.2. The number of aromatic amines is 1. The molecule has 0 atom stereocenters. The van der Waals surface area contributed by atoms with Crippen molar-refractivity contribution in [1.29, 1.82) is 0 Å². The number of sulfonamides is 1. The Morgan fingerprint density at radius 2 is 1.52 bits per heavy atom. The lowest BCUT2D eigenvalue weighted by atomic mass is 10.1. The molecule has 5 aromatic rings. The lowest BCUT2D eigenvalue weighted by Crippen LogP contribution is -2.14. The van der Waals surface area contributed by atoms with Crippen LogP contribution in [0, 0.1) is 6.92 Å². The number of hydrogen-bond donors (Lipinski definition) is 2. The molecule has 0 aliphatic heterocycles. The van der Waals surface area contributed by atoms with Gasteiger partial charge in [0.25, 0.3) is 10.0 Å². The minimum absolute atomic E-state index is 0.0147. The van der Waals surface area contributed by atoms with E-state index in [0.29, 0.717) is 17.3 Å². The molecule has 0 spiro atoms. The molecule has 0 aliphatic carbocycles. The molecule has 2 N–H and O–H groups in total. The molecular formula is C24H19N5O3S. The van der Waals surface area contributed by atoms with Crippen LogP contribution in [0.15, 0.2) is 94.5 Å². The zero-order chi connectivity index (χ0) is 22.8. The second-order valence-corrected chi connectivity index (χ2v) is 8.97. The molecule has 0 saturated carbocycles. The molecule has 0 bridgehead atoms. The average Bonchev–Trinajstić information content (AvgIpc) is 3.47. The van der Waals surface area contributed by atoms with E-state index in [1.54, 1.807) is 18.2 Å². The quantitative estimate of drug-likeness (QED) is 0.375. The predicted molar refractivity (Wildman–Crippen MR) is 125 cm³/mol. The zero-order valence-corrected chi connectivity index (χ0v) is 18.4. The van der Waals surface area contributed by atoms with Crippen LogP contribution in [0.1, 0.15) is 5.69 Å². The van der Waals surface area contributed by atoms with E-state index in [0.717, 1.165) is 22.5 Å². The topological polar surface area (TPSA) is 114 Å². The smallest absolute Gasteiger partial charge is 0.264 e. The predicted octanol–water partition coefficient (Wildman–Crippen LogP) is 4.90. The van der Waals surface area contributed by atoms with Gasteiger partial charge in [0.2, 0.25) is 5.95 Å². The molecule has 3 heterocycles. The third-order valence-electron chi connectivity index (χ3n) is 5.01. The van der Waals surface area contributed by atoms with E-state index in [1.165, 1.54) is 24.5 Å². The number of H-pyrrole nitrogens is 1. The number of aryl methyl sites for hydroxylation is 1. The van der Waals surface area contributed by atoms with Crippen molar-refractivity contribution in [1.82, 2.24) is 19.9 Å². The van der Waals surface area contributed by atoms with Crippen LogP contribution in [0.25, 0.3) is 34.2 Å². The molecule has 5 rings (SSSR count). The summed E-state index contributed by atoms with van der Waals surface area (Å²) in [6, 6.07) is 21.6. The number of rotatable bonds is 6. The van der Waals surface area contributed by atoms with Crippen molar-refractivity contribution in [2.24, 2.45) is 0 Å². The van der Waals surface area contributed by atoms with E-state index in [2.05, 4.69) is 19.7 Å². The number of hydrogen-bond acceptors (Lipinski definition) is 6. The number of benzene rings is 2. The summed E-state index contributed by atoms with van der Waals surface area (Å²) >= 11 is 0. The summed E-state index contributed by atoms with van der Waals surface area (Å²) in [6.45, 7) is 1.97. The molecule has 0 fully saturated rings. The first-order valence-electron chi connectivity index (χ1n) is 10.1. The monoisotopic (exact) mass is 457 g/mol. The Morgan fingerprint density at radius 3 is 2.24 bits per heavy atom. The Morgan fingerprint density at radius 1 is 0.818 bits per heavy atom. The van der Waals surface area contributed by atoms with Crippen LogP contribution in [0.5, 0.6) is 0 Å². The first-order valence-corrected chi connectivity index (χ1v) is 11.6. The van der Waals surface area contributed by atoms with E-state index in [1.807, 2.05) is 49.4 Å². The van der Waals surface area contributed by atoms with Crippen molar-refractivity contribution < 1.29 is 12.8 Å². The van der Waals surface area contributed by atoms with E-state index in [-0.39, 0.29) is 10.8 Å². The summed E-state index contributed by atoms with van der Waals surface area (Å²) in [7, 11) is -3.80.